The third kappa shape index (κ3) is 4.04. The third-order valence-corrected chi connectivity index (χ3v) is 3.90. The summed E-state index contributed by atoms with van der Waals surface area (Å²) in [7, 11) is 0. The molecular formula is C17H14FIN2O. The van der Waals surface area contributed by atoms with Crippen LogP contribution in [0.25, 0.3) is 0 Å². The van der Waals surface area contributed by atoms with Gasteiger partial charge < -0.3 is 4.90 Å². The van der Waals surface area contributed by atoms with E-state index in [1.165, 1.54) is 17.0 Å². The van der Waals surface area contributed by atoms with E-state index in [1.807, 2.05) is 30.3 Å². The molecule has 0 unspecified atom stereocenters. The number of hydrogen-bond acceptors (Lipinski definition) is 2. The molecular weight excluding hydrogens is 394 g/mol. The number of hydrogen-bond donors (Lipinski definition) is 0. The van der Waals surface area contributed by atoms with Crippen molar-refractivity contribution in [2.45, 2.75) is 19.9 Å². The Hall–Kier alpha value is -1.94. The van der Waals surface area contributed by atoms with Gasteiger partial charge in [-0.3, -0.25) is 4.79 Å². The van der Waals surface area contributed by atoms with Crippen LogP contribution in [-0.4, -0.2) is 5.91 Å². The molecule has 22 heavy (non-hydrogen) atoms. The minimum atomic E-state index is -0.523. The predicted octanol–water partition coefficient (Wildman–Crippen LogP) is 4.25. The number of carbonyl (C=O) groups excluding carboxylic acids is 1. The maximum Gasteiger partial charge on any atom is 0.227 e. The van der Waals surface area contributed by atoms with Gasteiger partial charge in [0.25, 0.3) is 0 Å². The Morgan fingerprint density at radius 1 is 1.27 bits per heavy atom. The van der Waals surface area contributed by atoms with Crippen molar-refractivity contribution in [3.05, 3.63) is 63.0 Å². The number of benzene rings is 2. The van der Waals surface area contributed by atoms with Crippen LogP contribution in [0.5, 0.6) is 0 Å². The van der Waals surface area contributed by atoms with E-state index in [0.29, 0.717) is 18.7 Å². The Labute approximate surface area is 142 Å². The quantitative estimate of drug-likeness (QED) is 0.711. The molecule has 0 N–H and O–H groups in total. The first kappa shape index (κ1) is 16.4. The van der Waals surface area contributed by atoms with Gasteiger partial charge in [0, 0.05) is 15.7 Å². The fourth-order valence-corrected chi connectivity index (χ4v) is 2.44. The molecule has 5 heteroatoms. The summed E-state index contributed by atoms with van der Waals surface area (Å²) in [4.78, 5) is 13.7. The first-order valence-corrected chi connectivity index (χ1v) is 7.87. The molecule has 0 saturated carbocycles. The molecule has 2 aromatic carbocycles. The number of carbonyl (C=O) groups is 1. The van der Waals surface area contributed by atoms with Gasteiger partial charge in [-0.2, -0.15) is 5.26 Å². The molecule has 0 atom stereocenters. The highest BCUT2D eigenvalue weighted by atomic mass is 127. The largest absolute Gasteiger partial charge is 0.308 e. The second kappa shape index (κ2) is 7.36. The lowest BCUT2D eigenvalue weighted by Gasteiger charge is -2.23. The van der Waals surface area contributed by atoms with Crippen LogP contribution >= 0.6 is 22.6 Å². The number of nitrogens with zero attached hydrogens (tertiary/aromatic N) is 2. The van der Waals surface area contributed by atoms with Crippen LogP contribution in [-0.2, 0) is 11.3 Å². The zero-order valence-electron chi connectivity index (χ0n) is 12.0. The molecule has 0 radical (unpaired) electrons. The number of amides is 1. The monoisotopic (exact) mass is 408 g/mol. The van der Waals surface area contributed by atoms with Gasteiger partial charge in [-0.05, 0) is 58.5 Å². The highest BCUT2D eigenvalue weighted by Crippen LogP contribution is 2.22. The molecule has 112 valence electrons. The van der Waals surface area contributed by atoms with Gasteiger partial charge in [0.15, 0.2) is 0 Å². The smallest absolute Gasteiger partial charge is 0.227 e. The number of rotatable bonds is 4. The summed E-state index contributed by atoms with van der Waals surface area (Å²) < 4.78 is 14.7. The fraction of sp³-hybridized carbons (Fsp3) is 0.176. The van der Waals surface area contributed by atoms with Gasteiger partial charge in [-0.25, -0.2) is 4.39 Å². The van der Waals surface area contributed by atoms with E-state index < -0.39 is 5.82 Å². The Bertz CT molecular complexity index is 722. The van der Waals surface area contributed by atoms with Gasteiger partial charge in [-0.15, -0.1) is 0 Å². The maximum atomic E-state index is 13.6. The number of anilines is 1. The zero-order valence-corrected chi connectivity index (χ0v) is 14.2. The van der Waals surface area contributed by atoms with Crippen LogP contribution in [0, 0.1) is 20.7 Å². The van der Waals surface area contributed by atoms with Crippen LogP contribution in [0.1, 0.15) is 24.5 Å². The van der Waals surface area contributed by atoms with Crippen molar-refractivity contribution >= 4 is 34.2 Å². The van der Waals surface area contributed by atoms with Crippen LogP contribution in [0.4, 0.5) is 10.1 Å². The topological polar surface area (TPSA) is 44.1 Å². The summed E-state index contributed by atoms with van der Waals surface area (Å²) in [5, 5.41) is 8.96. The summed E-state index contributed by atoms with van der Waals surface area (Å²) in [6, 6.07) is 13.7. The van der Waals surface area contributed by atoms with Gasteiger partial charge in [-0.1, -0.05) is 19.1 Å². The fourth-order valence-electron chi connectivity index (χ4n) is 2.08. The highest BCUT2D eigenvalue weighted by molar-refractivity contribution is 14.1. The molecule has 0 spiro atoms. The average Bonchev–Trinajstić information content (AvgIpc) is 2.52. The van der Waals surface area contributed by atoms with E-state index in [1.54, 1.807) is 6.92 Å². The van der Waals surface area contributed by atoms with Crippen molar-refractivity contribution in [3.63, 3.8) is 0 Å². The minimum absolute atomic E-state index is 0.118. The van der Waals surface area contributed by atoms with Crippen LogP contribution in [0.2, 0.25) is 0 Å². The van der Waals surface area contributed by atoms with Crippen molar-refractivity contribution in [3.8, 4) is 6.07 Å². The number of halogens is 2. The van der Waals surface area contributed by atoms with Crippen LogP contribution in [0.15, 0.2) is 42.5 Å². The third-order valence-electron chi connectivity index (χ3n) is 3.18. The maximum absolute atomic E-state index is 13.6. The Kier molecular flexibility index (Phi) is 5.50. The molecule has 1 amide bonds. The first-order valence-electron chi connectivity index (χ1n) is 6.79. The summed E-state index contributed by atoms with van der Waals surface area (Å²) in [6.07, 6.45) is 0.308. The van der Waals surface area contributed by atoms with Crippen molar-refractivity contribution in [1.29, 1.82) is 5.26 Å². The lowest BCUT2D eigenvalue weighted by molar-refractivity contribution is -0.118. The molecule has 2 rings (SSSR count). The van der Waals surface area contributed by atoms with Crippen molar-refractivity contribution in [2.75, 3.05) is 4.90 Å². The highest BCUT2D eigenvalue weighted by Gasteiger charge is 2.16. The molecule has 0 aliphatic carbocycles. The summed E-state index contributed by atoms with van der Waals surface area (Å²) in [5.41, 5.74) is 1.55. The van der Waals surface area contributed by atoms with E-state index in [-0.39, 0.29) is 11.5 Å². The molecule has 3 nitrogen and oxygen atoms in total. The molecule has 0 aliphatic heterocycles. The van der Waals surface area contributed by atoms with Crippen molar-refractivity contribution in [2.24, 2.45) is 0 Å². The zero-order chi connectivity index (χ0) is 16.1. The first-order chi connectivity index (χ1) is 10.5. The molecule has 0 fully saturated rings. The van der Waals surface area contributed by atoms with Gasteiger partial charge >= 0.3 is 0 Å². The molecule has 0 aromatic heterocycles. The summed E-state index contributed by atoms with van der Waals surface area (Å²) >= 11 is 2.21. The molecule has 0 aliphatic rings. The SMILES string of the molecule is CCC(=O)N(Cc1ccc(I)cc1)c1cc(F)cc(C#N)c1. The van der Waals surface area contributed by atoms with Crippen LogP contribution < -0.4 is 4.90 Å². The molecule has 0 heterocycles. The van der Waals surface area contributed by atoms with Crippen molar-refractivity contribution in [1.82, 2.24) is 0 Å². The second-order valence-electron chi connectivity index (χ2n) is 4.77. The Morgan fingerprint density at radius 3 is 2.55 bits per heavy atom. The lowest BCUT2D eigenvalue weighted by atomic mass is 10.1. The summed E-state index contributed by atoms with van der Waals surface area (Å²) in [5.74, 6) is -0.640. The van der Waals surface area contributed by atoms with E-state index >= 15 is 0 Å². The Morgan fingerprint density at radius 2 is 1.95 bits per heavy atom. The minimum Gasteiger partial charge on any atom is -0.308 e. The van der Waals surface area contributed by atoms with E-state index in [4.69, 9.17) is 5.26 Å². The van der Waals surface area contributed by atoms with Crippen LogP contribution in [0.3, 0.4) is 0 Å². The average molecular weight is 408 g/mol. The second-order valence-corrected chi connectivity index (χ2v) is 6.02. The molecule has 2 aromatic rings. The van der Waals surface area contributed by atoms with E-state index in [0.717, 1.165) is 15.2 Å². The lowest BCUT2D eigenvalue weighted by Crippen LogP contribution is -2.29. The van der Waals surface area contributed by atoms with Gasteiger partial charge in [0.2, 0.25) is 5.91 Å². The molecule has 0 bridgehead atoms. The van der Waals surface area contributed by atoms with E-state index in [9.17, 15) is 9.18 Å². The summed E-state index contributed by atoms with van der Waals surface area (Å²) in [6.45, 7) is 2.10. The van der Waals surface area contributed by atoms with Gasteiger partial charge in [0.1, 0.15) is 5.82 Å². The van der Waals surface area contributed by atoms with Crippen molar-refractivity contribution < 1.29 is 9.18 Å². The van der Waals surface area contributed by atoms with E-state index in [2.05, 4.69) is 22.6 Å². The predicted molar refractivity (Wildman–Crippen MR) is 91.8 cm³/mol. The number of nitriles is 1. The normalized spacial score (nSPS) is 10.1. The molecule has 0 saturated heterocycles. The Balaban J connectivity index is 2.38. The standard InChI is InChI=1S/C17H14FIN2O/c1-2-17(22)21(11-12-3-5-15(19)6-4-12)16-8-13(10-20)7-14(18)9-16/h3-9H,2,11H2,1H3. The van der Waals surface area contributed by atoms with Gasteiger partial charge in [0.05, 0.1) is 18.2 Å².